The average Bonchev–Trinajstić information content (AvgIpc) is 3.95. The second-order valence-corrected chi connectivity index (χ2v) is 20.5. The highest BCUT2D eigenvalue weighted by molar-refractivity contribution is 8.04. The van der Waals surface area contributed by atoms with Crippen LogP contribution in [-0.4, -0.2) is 44.0 Å². The number of anilines is 3. The molecule has 0 unspecified atom stereocenters. The molecule has 2 heterocycles. The molecule has 13 heteroatoms. The molecule has 1 aliphatic heterocycles. The van der Waals surface area contributed by atoms with Crippen molar-refractivity contribution in [2.45, 2.75) is 37.1 Å². The molecule has 1 aromatic heterocycles. The van der Waals surface area contributed by atoms with Crippen molar-refractivity contribution in [1.82, 2.24) is 0 Å². The summed E-state index contributed by atoms with van der Waals surface area (Å²) in [5.74, 6) is -0.651. The van der Waals surface area contributed by atoms with Crippen molar-refractivity contribution in [3.63, 3.8) is 0 Å². The number of hydrogen-bond acceptors (Lipinski definition) is 8. The highest BCUT2D eigenvalue weighted by atomic mass is 32.2. The second kappa shape index (κ2) is 17.7. The zero-order valence-electron chi connectivity index (χ0n) is 33.7. The van der Waals surface area contributed by atoms with E-state index in [4.69, 9.17) is 0 Å². The molecule has 7 aromatic rings. The smallest absolute Gasteiger partial charge is 0.265 e. The Labute approximate surface area is 370 Å². The maximum Gasteiger partial charge on any atom is 0.265 e. The van der Waals surface area contributed by atoms with Crippen LogP contribution >= 0.6 is 23.1 Å². The summed E-state index contributed by atoms with van der Waals surface area (Å²) < 4.78 is 69.5. The van der Waals surface area contributed by atoms with Crippen LogP contribution in [0.3, 0.4) is 0 Å². The minimum atomic E-state index is -4.12. The molecule has 6 aromatic carbocycles. The van der Waals surface area contributed by atoms with Gasteiger partial charge in [0, 0.05) is 46.8 Å². The molecular weight excluding hydrogens is 855 g/mol. The topological polar surface area (TPSA) is 119 Å². The molecular formula is C49H44N3O6S4+. The molecule has 9 nitrogen and oxygen atoms in total. The molecule has 0 saturated heterocycles. The van der Waals surface area contributed by atoms with Gasteiger partial charge in [-0.25, -0.2) is 0 Å². The molecule has 0 saturated carbocycles. The lowest BCUT2D eigenvalue weighted by Crippen LogP contribution is -2.36. The normalized spacial score (nSPS) is 15.9. The summed E-state index contributed by atoms with van der Waals surface area (Å²) in [4.78, 5) is 5.58. The number of fused-ring (bicyclic) bond motifs is 6. The van der Waals surface area contributed by atoms with Crippen LogP contribution in [0, 0.1) is 0 Å². The first-order valence-electron chi connectivity index (χ1n) is 20.4. The molecule has 9 rings (SSSR count). The van der Waals surface area contributed by atoms with Crippen LogP contribution in [0.5, 0.6) is 0 Å². The predicted octanol–water partition coefficient (Wildman–Crippen LogP) is 11.3. The van der Waals surface area contributed by atoms with E-state index in [2.05, 4.69) is 111 Å². The minimum absolute atomic E-state index is 0.263. The van der Waals surface area contributed by atoms with E-state index in [-0.39, 0.29) is 24.3 Å². The standard InChI is InChI=1S/C49H43N3O6S4/c53-61(54,55)33-11-31-50-43-27-23-35-13-7-9-19-41(35)48(43)59-45(50)29-25-37-21-22-38(47(37)52(39-15-3-1-4-16-39)40-17-5-2-6-18-40)26-30-46-51(32-12-34-62(56,57)58)44-28-24-36-14-8-10-20-42(36)49(44)60-46/h1-10,13-20,23-30H,11-12,21-22,31-34H2,(H-,53,54,55,56,57,58)/p+1. The third-order valence-corrected chi connectivity index (χ3v) is 15.2. The maximum absolute atomic E-state index is 11.8. The number of rotatable bonds is 14. The van der Waals surface area contributed by atoms with Crippen LogP contribution in [0.2, 0.25) is 0 Å². The van der Waals surface area contributed by atoms with Crippen molar-refractivity contribution in [1.29, 1.82) is 0 Å². The van der Waals surface area contributed by atoms with Crippen molar-refractivity contribution in [3.8, 4) is 0 Å². The zero-order chi connectivity index (χ0) is 42.8. The zero-order valence-corrected chi connectivity index (χ0v) is 36.9. The Kier molecular flexibility index (Phi) is 11.9. The monoisotopic (exact) mass is 898 g/mol. The number of aryl methyl sites for hydroxylation is 1. The van der Waals surface area contributed by atoms with E-state index in [0.717, 1.165) is 93.4 Å². The van der Waals surface area contributed by atoms with E-state index in [0.29, 0.717) is 13.1 Å². The number of nitrogens with zero attached hydrogens (tertiary/aromatic N) is 3. The molecule has 2 N–H and O–H groups in total. The van der Waals surface area contributed by atoms with E-state index in [1.807, 2.05) is 60.7 Å². The van der Waals surface area contributed by atoms with Crippen molar-refractivity contribution in [2.24, 2.45) is 0 Å². The quantitative estimate of drug-likeness (QED) is 0.0812. The first-order valence-corrected chi connectivity index (χ1v) is 25.3. The second-order valence-electron chi connectivity index (χ2n) is 15.3. The third-order valence-electron chi connectivity index (χ3n) is 11.2. The maximum atomic E-state index is 11.8. The van der Waals surface area contributed by atoms with Gasteiger partial charge in [0.15, 0.2) is 6.54 Å². The number of hydrogen-bond donors (Lipinski definition) is 2. The molecule has 0 spiro atoms. The summed E-state index contributed by atoms with van der Waals surface area (Å²) in [7, 11) is -8.24. The predicted molar refractivity (Wildman–Crippen MR) is 255 cm³/mol. The Morgan fingerprint density at radius 2 is 1.27 bits per heavy atom. The van der Waals surface area contributed by atoms with Crippen molar-refractivity contribution >= 4 is 98.2 Å². The fourth-order valence-electron chi connectivity index (χ4n) is 8.41. The Balaban J connectivity index is 1.17. The molecule has 0 radical (unpaired) electrons. The molecule has 0 atom stereocenters. The number of aromatic nitrogens is 1. The third kappa shape index (κ3) is 9.01. The van der Waals surface area contributed by atoms with Crippen LogP contribution in [0.1, 0.15) is 30.7 Å². The molecule has 0 bridgehead atoms. The molecule has 0 amide bonds. The van der Waals surface area contributed by atoms with Gasteiger partial charge in [-0.05, 0) is 95.1 Å². The summed E-state index contributed by atoms with van der Waals surface area (Å²) in [5.41, 5.74) is 7.36. The van der Waals surface area contributed by atoms with Crippen LogP contribution in [0.15, 0.2) is 178 Å². The van der Waals surface area contributed by atoms with Crippen LogP contribution in [-0.2, 0) is 26.8 Å². The number of thiazole rings is 1. The number of thioether (sulfide) groups is 1. The molecule has 1 aliphatic carbocycles. The fraction of sp³-hybridized carbons (Fsp3) is 0.163. The number of para-hydroxylation sites is 2. The lowest BCUT2D eigenvalue weighted by atomic mass is 10.1. The summed E-state index contributed by atoms with van der Waals surface area (Å²) in [6.07, 6.45) is 10.7. The average molecular weight is 899 g/mol. The van der Waals surface area contributed by atoms with E-state index in [9.17, 15) is 25.9 Å². The van der Waals surface area contributed by atoms with Gasteiger partial charge in [0.1, 0.15) is 4.70 Å². The van der Waals surface area contributed by atoms with Gasteiger partial charge < -0.3 is 9.80 Å². The molecule has 2 aliphatic rings. The Bertz CT molecular complexity index is 3140. The van der Waals surface area contributed by atoms with Gasteiger partial charge in [0.2, 0.25) is 5.52 Å². The lowest BCUT2D eigenvalue weighted by Gasteiger charge is -2.28. The largest absolute Gasteiger partial charge is 0.335 e. The summed E-state index contributed by atoms with van der Waals surface area (Å²) in [5, 5.41) is 6.45. The fourth-order valence-corrected chi connectivity index (χ4v) is 11.8. The van der Waals surface area contributed by atoms with Gasteiger partial charge in [-0.1, -0.05) is 120 Å². The summed E-state index contributed by atoms with van der Waals surface area (Å²) in [6, 6.07) is 45.5. The number of allylic oxidation sites excluding steroid dienone is 5. The van der Waals surface area contributed by atoms with Gasteiger partial charge >= 0.3 is 0 Å². The highest BCUT2D eigenvalue weighted by Gasteiger charge is 2.30. The van der Waals surface area contributed by atoms with Crippen LogP contribution in [0.4, 0.5) is 17.1 Å². The highest BCUT2D eigenvalue weighted by Crippen LogP contribution is 2.50. The summed E-state index contributed by atoms with van der Waals surface area (Å²) >= 11 is 3.34. The molecule has 0 fully saturated rings. The molecule has 314 valence electrons. The Morgan fingerprint density at radius 3 is 1.97 bits per heavy atom. The van der Waals surface area contributed by atoms with Gasteiger partial charge in [-0.3, -0.25) is 9.11 Å². The Hall–Kier alpha value is -5.54. The van der Waals surface area contributed by atoms with Gasteiger partial charge in [-0.15, -0.1) is 0 Å². The van der Waals surface area contributed by atoms with Gasteiger partial charge in [0.05, 0.1) is 27.9 Å². The van der Waals surface area contributed by atoms with Gasteiger partial charge in [0.25, 0.3) is 25.2 Å². The van der Waals surface area contributed by atoms with E-state index in [1.54, 1.807) is 23.1 Å². The SMILES string of the molecule is O=S(=O)(O)CCCN1C(=CC=C2CCC(C=Cc3sc4c5ccccc5ccc4[n+]3CCCS(=O)(=O)O)=C2N(c2ccccc2)c2ccccc2)Sc2c1ccc1ccccc21. The lowest BCUT2D eigenvalue weighted by molar-refractivity contribution is -0.668. The van der Waals surface area contributed by atoms with Crippen molar-refractivity contribution in [3.05, 3.63) is 179 Å². The molecule has 62 heavy (non-hydrogen) atoms. The van der Waals surface area contributed by atoms with E-state index in [1.165, 1.54) is 0 Å². The first kappa shape index (κ1) is 41.8. The van der Waals surface area contributed by atoms with E-state index >= 15 is 0 Å². The van der Waals surface area contributed by atoms with Crippen molar-refractivity contribution < 1.29 is 30.5 Å². The number of benzene rings is 6. The van der Waals surface area contributed by atoms with Crippen LogP contribution < -0.4 is 14.4 Å². The van der Waals surface area contributed by atoms with Crippen molar-refractivity contribution in [2.75, 3.05) is 27.9 Å². The first-order chi connectivity index (χ1) is 30.0. The minimum Gasteiger partial charge on any atom is -0.335 e. The summed E-state index contributed by atoms with van der Waals surface area (Å²) in [6.45, 7) is 0.831. The van der Waals surface area contributed by atoms with Gasteiger partial charge in [-0.2, -0.15) is 21.4 Å². The van der Waals surface area contributed by atoms with E-state index < -0.39 is 20.2 Å². The Morgan fingerprint density at radius 1 is 0.661 bits per heavy atom. The van der Waals surface area contributed by atoms with Crippen LogP contribution in [0.25, 0.3) is 37.8 Å².